The second kappa shape index (κ2) is 6.75. The van der Waals surface area contributed by atoms with Gasteiger partial charge in [-0.1, -0.05) is 31.7 Å². The highest BCUT2D eigenvalue weighted by molar-refractivity contribution is 6.02. The van der Waals surface area contributed by atoms with Crippen molar-refractivity contribution in [3.63, 3.8) is 0 Å². The van der Waals surface area contributed by atoms with E-state index in [0.29, 0.717) is 6.04 Å². The average Bonchev–Trinajstić information content (AvgIpc) is 3.11. The van der Waals surface area contributed by atoms with Crippen molar-refractivity contribution in [1.29, 1.82) is 0 Å². The van der Waals surface area contributed by atoms with E-state index in [4.69, 9.17) is 0 Å². The van der Waals surface area contributed by atoms with E-state index in [1.54, 1.807) is 6.33 Å². The van der Waals surface area contributed by atoms with E-state index < -0.39 is 0 Å². The molecule has 1 saturated carbocycles. The maximum absolute atomic E-state index is 12.9. The van der Waals surface area contributed by atoms with E-state index in [2.05, 4.69) is 10.3 Å². The number of hydrogen-bond donors (Lipinski definition) is 1. The van der Waals surface area contributed by atoms with Gasteiger partial charge < -0.3 is 14.3 Å². The lowest BCUT2D eigenvalue weighted by molar-refractivity contribution is 0.0935. The van der Waals surface area contributed by atoms with Gasteiger partial charge in [0.2, 0.25) is 0 Å². The summed E-state index contributed by atoms with van der Waals surface area (Å²) in [6, 6.07) is 8.21. The first-order valence-electron chi connectivity index (χ1n) is 9.11. The van der Waals surface area contributed by atoms with Crippen LogP contribution < -0.4 is 5.32 Å². The second-order valence-electron chi connectivity index (χ2n) is 6.99. The third-order valence-corrected chi connectivity index (χ3v) is 5.08. The number of hydrogen-bond acceptors (Lipinski definition) is 2. The zero-order chi connectivity index (χ0) is 17.2. The van der Waals surface area contributed by atoms with Gasteiger partial charge in [-0.3, -0.25) is 4.79 Å². The molecule has 0 saturated heterocycles. The lowest BCUT2D eigenvalue weighted by Gasteiger charge is -2.15. The molecule has 1 amide bonds. The van der Waals surface area contributed by atoms with Gasteiger partial charge in [0.15, 0.2) is 0 Å². The monoisotopic (exact) mass is 336 g/mol. The van der Waals surface area contributed by atoms with Gasteiger partial charge in [-0.05, 0) is 31.0 Å². The molecule has 3 aromatic heterocycles. The Morgan fingerprint density at radius 2 is 2.00 bits per heavy atom. The van der Waals surface area contributed by atoms with E-state index in [9.17, 15) is 4.79 Å². The van der Waals surface area contributed by atoms with Crippen LogP contribution in [-0.4, -0.2) is 25.9 Å². The zero-order valence-corrected chi connectivity index (χ0v) is 14.6. The van der Waals surface area contributed by atoms with Gasteiger partial charge in [-0.2, -0.15) is 0 Å². The first kappa shape index (κ1) is 15.9. The Morgan fingerprint density at radius 1 is 1.20 bits per heavy atom. The maximum atomic E-state index is 12.9. The molecule has 1 aliphatic carbocycles. The van der Waals surface area contributed by atoms with Crippen molar-refractivity contribution in [2.45, 2.75) is 44.6 Å². The van der Waals surface area contributed by atoms with Gasteiger partial charge in [0.25, 0.3) is 5.91 Å². The van der Waals surface area contributed by atoms with Gasteiger partial charge in [-0.25, -0.2) is 4.98 Å². The Kier molecular flexibility index (Phi) is 4.30. The number of rotatable bonds is 3. The summed E-state index contributed by atoms with van der Waals surface area (Å²) in [5, 5.41) is 3.26. The lowest BCUT2D eigenvalue weighted by atomic mass is 10.1. The molecule has 1 N–H and O–H groups in total. The Labute approximate surface area is 147 Å². The first-order chi connectivity index (χ1) is 12.2. The van der Waals surface area contributed by atoms with Gasteiger partial charge in [0.1, 0.15) is 5.69 Å². The lowest BCUT2D eigenvalue weighted by Crippen LogP contribution is -2.34. The van der Waals surface area contributed by atoms with Crippen LogP contribution >= 0.6 is 0 Å². The van der Waals surface area contributed by atoms with Gasteiger partial charge in [-0.15, -0.1) is 0 Å². The third-order valence-electron chi connectivity index (χ3n) is 5.08. The van der Waals surface area contributed by atoms with Crippen LogP contribution in [0.3, 0.4) is 0 Å². The van der Waals surface area contributed by atoms with Crippen LogP contribution in [0.2, 0.25) is 0 Å². The Hall–Kier alpha value is -2.56. The van der Waals surface area contributed by atoms with Crippen molar-refractivity contribution in [2.75, 3.05) is 0 Å². The molecular formula is C20H24N4O. The normalized spacial score (nSPS) is 16.0. The van der Waals surface area contributed by atoms with E-state index in [-0.39, 0.29) is 5.91 Å². The van der Waals surface area contributed by atoms with Crippen LogP contribution in [0.1, 0.15) is 48.9 Å². The Morgan fingerprint density at radius 3 is 2.72 bits per heavy atom. The van der Waals surface area contributed by atoms with Crippen LogP contribution in [0.5, 0.6) is 0 Å². The molecule has 3 heterocycles. The molecule has 0 unspecified atom stereocenters. The fourth-order valence-corrected chi connectivity index (χ4v) is 3.76. The molecule has 5 nitrogen and oxygen atoms in total. The van der Waals surface area contributed by atoms with Crippen molar-refractivity contribution >= 4 is 11.4 Å². The van der Waals surface area contributed by atoms with Gasteiger partial charge >= 0.3 is 0 Å². The summed E-state index contributed by atoms with van der Waals surface area (Å²) < 4.78 is 3.97. The predicted molar refractivity (Wildman–Crippen MR) is 98.6 cm³/mol. The SMILES string of the molecule is Cn1cnc(-c2cc(C(=O)NC3CCCCCC3)c3ccccn23)c1. The smallest absolute Gasteiger partial charge is 0.253 e. The molecule has 130 valence electrons. The summed E-state index contributed by atoms with van der Waals surface area (Å²) in [7, 11) is 1.95. The molecule has 1 aliphatic rings. The summed E-state index contributed by atoms with van der Waals surface area (Å²) in [6.07, 6.45) is 12.9. The van der Waals surface area contributed by atoms with E-state index in [1.165, 1.54) is 25.7 Å². The number of imidazole rings is 1. The largest absolute Gasteiger partial charge is 0.349 e. The van der Waals surface area contributed by atoms with Gasteiger partial charge in [0, 0.05) is 25.5 Å². The zero-order valence-electron chi connectivity index (χ0n) is 14.6. The highest BCUT2D eigenvalue weighted by atomic mass is 16.1. The number of aromatic nitrogens is 3. The number of aryl methyl sites for hydroxylation is 1. The van der Waals surface area contributed by atoms with Crippen molar-refractivity contribution in [1.82, 2.24) is 19.3 Å². The van der Waals surface area contributed by atoms with Crippen molar-refractivity contribution in [3.05, 3.63) is 48.5 Å². The Bertz CT molecular complexity index is 884. The molecule has 4 rings (SSSR count). The van der Waals surface area contributed by atoms with E-state index in [1.807, 2.05) is 52.7 Å². The second-order valence-corrected chi connectivity index (χ2v) is 6.99. The van der Waals surface area contributed by atoms with Gasteiger partial charge in [0.05, 0.1) is 23.1 Å². The topological polar surface area (TPSA) is 51.3 Å². The molecule has 0 aromatic carbocycles. The summed E-state index contributed by atoms with van der Waals surface area (Å²) in [5.41, 5.74) is 3.47. The molecule has 0 radical (unpaired) electrons. The minimum atomic E-state index is 0.0257. The summed E-state index contributed by atoms with van der Waals surface area (Å²) in [5.74, 6) is 0.0257. The summed E-state index contributed by atoms with van der Waals surface area (Å²) in [6.45, 7) is 0. The average molecular weight is 336 g/mol. The fraction of sp³-hybridized carbons (Fsp3) is 0.400. The van der Waals surface area contributed by atoms with Crippen LogP contribution in [0.25, 0.3) is 16.9 Å². The van der Waals surface area contributed by atoms with Crippen molar-refractivity contribution in [2.24, 2.45) is 7.05 Å². The number of amides is 1. The van der Waals surface area contributed by atoms with E-state index >= 15 is 0 Å². The highest BCUT2D eigenvalue weighted by Crippen LogP contribution is 2.26. The minimum absolute atomic E-state index is 0.0257. The number of carbonyl (C=O) groups is 1. The molecule has 0 bridgehead atoms. The Balaban J connectivity index is 1.68. The molecule has 5 heteroatoms. The van der Waals surface area contributed by atoms with Crippen LogP contribution in [0, 0.1) is 0 Å². The summed E-state index contributed by atoms with van der Waals surface area (Å²) in [4.78, 5) is 17.4. The fourth-order valence-electron chi connectivity index (χ4n) is 3.76. The van der Waals surface area contributed by atoms with Crippen LogP contribution in [-0.2, 0) is 7.05 Å². The van der Waals surface area contributed by atoms with Crippen LogP contribution in [0.4, 0.5) is 0 Å². The molecule has 1 fully saturated rings. The number of nitrogens with one attached hydrogen (secondary N) is 1. The number of fused-ring (bicyclic) bond motifs is 1. The third kappa shape index (κ3) is 3.18. The number of carbonyl (C=O) groups excluding carboxylic acids is 1. The molecule has 0 aliphatic heterocycles. The van der Waals surface area contributed by atoms with Crippen molar-refractivity contribution in [3.8, 4) is 11.4 Å². The minimum Gasteiger partial charge on any atom is -0.349 e. The highest BCUT2D eigenvalue weighted by Gasteiger charge is 2.20. The molecule has 0 spiro atoms. The molecule has 25 heavy (non-hydrogen) atoms. The predicted octanol–water partition coefficient (Wildman–Crippen LogP) is 3.79. The first-order valence-corrected chi connectivity index (χ1v) is 9.11. The molecule has 0 atom stereocenters. The van der Waals surface area contributed by atoms with Crippen molar-refractivity contribution < 1.29 is 4.79 Å². The molecular weight excluding hydrogens is 312 g/mol. The number of pyridine rings is 1. The maximum Gasteiger partial charge on any atom is 0.253 e. The molecule has 3 aromatic rings. The standard InChI is InChI=1S/C20H24N4O/c1-23-13-17(21-14-23)19-12-16(18-10-6-7-11-24(18)19)20(25)22-15-8-4-2-3-5-9-15/h6-7,10-15H,2-5,8-9H2,1H3,(H,22,25). The van der Waals surface area contributed by atoms with E-state index in [0.717, 1.165) is 35.3 Å². The summed E-state index contributed by atoms with van der Waals surface area (Å²) >= 11 is 0. The number of nitrogens with zero attached hydrogens (tertiary/aromatic N) is 3. The quantitative estimate of drug-likeness (QED) is 0.740. The van der Waals surface area contributed by atoms with Crippen LogP contribution in [0.15, 0.2) is 43.0 Å².